The molecule has 2 aliphatic heterocycles. The van der Waals surface area contributed by atoms with Gasteiger partial charge in [-0.25, -0.2) is 8.42 Å². The number of ether oxygens (including phenoxy) is 4. The van der Waals surface area contributed by atoms with Crippen LogP contribution in [0.15, 0.2) is 35.2 Å². The van der Waals surface area contributed by atoms with Crippen molar-refractivity contribution >= 4 is 9.84 Å². The van der Waals surface area contributed by atoms with Crippen LogP contribution in [0.3, 0.4) is 0 Å². The standard InChI is InChI=1S/C18H26O6S/c1-18(2)23-11-14(24-18)9-16-17(21-3)13(10-22-16)12-25(19,20)15-7-5-4-6-8-15/h4-8,13-14,16-17H,9-12H2,1-3H3/t13-,14+,16-,17-/m1/s1. The van der Waals surface area contributed by atoms with E-state index in [0.717, 1.165) is 0 Å². The van der Waals surface area contributed by atoms with Crippen LogP contribution in [-0.2, 0) is 28.8 Å². The van der Waals surface area contributed by atoms with Crippen LogP contribution in [0.4, 0.5) is 0 Å². The van der Waals surface area contributed by atoms with E-state index in [4.69, 9.17) is 18.9 Å². The van der Waals surface area contributed by atoms with Crippen LogP contribution < -0.4 is 0 Å². The molecule has 0 bridgehead atoms. The maximum Gasteiger partial charge on any atom is 0.178 e. The first-order valence-corrected chi connectivity index (χ1v) is 10.2. The number of hydrogen-bond donors (Lipinski definition) is 0. The van der Waals surface area contributed by atoms with Crippen LogP contribution >= 0.6 is 0 Å². The molecule has 6 nitrogen and oxygen atoms in total. The third-order valence-electron chi connectivity index (χ3n) is 4.73. The minimum Gasteiger partial charge on any atom is -0.378 e. The topological polar surface area (TPSA) is 71.1 Å². The van der Waals surface area contributed by atoms with Crippen molar-refractivity contribution in [3.63, 3.8) is 0 Å². The predicted octanol–water partition coefficient (Wildman–Crippen LogP) is 2.03. The fraction of sp³-hybridized carbons (Fsp3) is 0.667. The first-order chi connectivity index (χ1) is 11.8. The fourth-order valence-electron chi connectivity index (χ4n) is 3.57. The highest BCUT2D eigenvalue weighted by molar-refractivity contribution is 7.91. The number of sulfone groups is 1. The summed E-state index contributed by atoms with van der Waals surface area (Å²) < 4.78 is 48.1. The van der Waals surface area contributed by atoms with E-state index in [1.54, 1.807) is 37.4 Å². The summed E-state index contributed by atoms with van der Waals surface area (Å²) >= 11 is 0. The largest absolute Gasteiger partial charge is 0.378 e. The lowest BCUT2D eigenvalue weighted by Gasteiger charge is -2.24. The SMILES string of the molecule is CO[C@@H]1[C@@H](CS(=O)(=O)c2ccccc2)CO[C@@H]1C[C@H]1COC(C)(C)O1. The summed E-state index contributed by atoms with van der Waals surface area (Å²) in [4.78, 5) is 0.336. The van der Waals surface area contributed by atoms with Crippen molar-refractivity contribution in [2.45, 2.75) is 49.3 Å². The normalized spacial score (nSPS) is 32.1. The number of methoxy groups -OCH3 is 1. The Morgan fingerprint density at radius 1 is 1.20 bits per heavy atom. The van der Waals surface area contributed by atoms with Gasteiger partial charge in [0.05, 0.1) is 42.2 Å². The minimum absolute atomic E-state index is 0.0134. The van der Waals surface area contributed by atoms with Gasteiger partial charge in [-0.05, 0) is 26.0 Å². The lowest BCUT2D eigenvalue weighted by molar-refractivity contribution is -0.143. The second-order valence-corrected chi connectivity index (χ2v) is 9.15. The molecule has 0 amide bonds. The monoisotopic (exact) mass is 370 g/mol. The molecule has 2 heterocycles. The second kappa shape index (κ2) is 7.32. The molecule has 0 saturated carbocycles. The average Bonchev–Trinajstić information content (AvgIpc) is 3.10. The van der Waals surface area contributed by atoms with Gasteiger partial charge in [0.2, 0.25) is 0 Å². The van der Waals surface area contributed by atoms with Crippen LogP contribution in [0.25, 0.3) is 0 Å². The van der Waals surface area contributed by atoms with Gasteiger partial charge in [-0.15, -0.1) is 0 Å². The third kappa shape index (κ3) is 4.41. The summed E-state index contributed by atoms with van der Waals surface area (Å²) in [6, 6.07) is 8.50. The molecule has 2 aliphatic rings. The summed E-state index contributed by atoms with van der Waals surface area (Å²) in [6.07, 6.45) is 0.0977. The van der Waals surface area contributed by atoms with Crippen molar-refractivity contribution in [2.24, 2.45) is 5.92 Å². The smallest absolute Gasteiger partial charge is 0.178 e. The Balaban J connectivity index is 1.64. The van der Waals surface area contributed by atoms with Crippen LogP contribution in [0, 0.1) is 5.92 Å². The first-order valence-electron chi connectivity index (χ1n) is 8.55. The lowest BCUT2D eigenvalue weighted by atomic mass is 10.00. The zero-order valence-electron chi connectivity index (χ0n) is 14.9. The van der Waals surface area contributed by atoms with E-state index in [2.05, 4.69) is 0 Å². The van der Waals surface area contributed by atoms with E-state index in [1.165, 1.54) is 0 Å². The van der Waals surface area contributed by atoms with Crippen molar-refractivity contribution in [3.8, 4) is 0 Å². The third-order valence-corrected chi connectivity index (χ3v) is 6.58. The molecular formula is C18H26O6S. The van der Waals surface area contributed by atoms with Gasteiger partial charge in [-0.3, -0.25) is 0 Å². The van der Waals surface area contributed by atoms with E-state index in [9.17, 15) is 8.42 Å². The van der Waals surface area contributed by atoms with Crippen LogP contribution in [0.1, 0.15) is 20.3 Å². The molecule has 0 aromatic heterocycles. The number of rotatable bonds is 6. The van der Waals surface area contributed by atoms with Crippen molar-refractivity contribution in [3.05, 3.63) is 30.3 Å². The molecule has 0 unspecified atom stereocenters. The Hall–Kier alpha value is -0.990. The summed E-state index contributed by atoms with van der Waals surface area (Å²) in [5.41, 5.74) is 0. The molecule has 0 radical (unpaired) electrons. The zero-order valence-corrected chi connectivity index (χ0v) is 15.7. The van der Waals surface area contributed by atoms with Gasteiger partial charge in [0.1, 0.15) is 0 Å². The van der Waals surface area contributed by atoms with Crippen molar-refractivity contribution < 1.29 is 27.4 Å². The number of hydrogen-bond acceptors (Lipinski definition) is 6. The summed E-state index contributed by atoms with van der Waals surface area (Å²) in [6.45, 7) is 4.64. The minimum atomic E-state index is -3.37. The van der Waals surface area contributed by atoms with Gasteiger partial charge in [-0.1, -0.05) is 18.2 Å². The highest BCUT2D eigenvalue weighted by Crippen LogP contribution is 2.32. The molecule has 4 atom stereocenters. The first kappa shape index (κ1) is 18.8. The van der Waals surface area contributed by atoms with Crippen LogP contribution in [0.2, 0.25) is 0 Å². The predicted molar refractivity (Wildman–Crippen MR) is 92.0 cm³/mol. The molecule has 2 fully saturated rings. The summed E-state index contributed by atoms with van der Waals surface area (Å²) in [7, 11) is -1.77. The highest BCUT2D eigenvalue weighted by Gasteiger charge is 2.43. The molecule has 1 aromatic rings. The van der Waals surface area contributed by atoms with E-state index < -0.39 is 15.6 Å². The molecule has 1 aromatic carbocycles. The molecular weight excluding hydrogens is 344 g/mol. The fourth-order valence-corrected chi connectivity index (χ4v) is 5.19. The Kier molecular flexibility index (Phi) is 5.51. The second-order valence-electron chi connectivity index (χ2n) is 7.11. The molecule has 25 heavy (non-hydrogen) atoms. The Labute approximate surface area is 149 Å². The van der Waals surface area contributed by atoms with E-state index >= 15 is 0 Å². The van der Waals surface area contributed by atoms with Gasteiger partial charge in [0.15, 0.2) is 15.6 Å². The summed E-state index contributed by atoms with van der Waals surface area (Å²) in [5, 5.41) is 0. The van der Waals surface area contributed by atoms with Gasteiger partial charge in [-0.2, -0.15) is 0 Å². The maximum absolute atomic E-state index is 12.6. The molecule has 3 rings (SSSR count). The molecule has 0 aliphatic carbocycles. The highest BCUT2D eigenvalue weighted by atomic mass is 32.2. The molecule has 2 saturated heterocycles. The van der Waals surface area contributed by atoms with Crippen LogP contribution in [0.5, 0.6) is 0 Å². The van der Waals surface area contributed by atoms with Crippen molar-refractivity contribution in [2.75, 3.05) is 26.1 Å². The average molecular weight is 370 g/mol. The van der Waals surface area contributed by atoms with E-state index in [1.807, 2.05) is 13.8 Å². The van der Waals surface area contributed by atoms with E-state index in [-0.39, 0.29) is 30.0 Å². The van der Waals surface area contributed by atoms with Gasteiger partial charge in [0.25, 0.3) is 0 Å². The maximum atomic E-state index is 12.6. The number of benzene rings is 1. The summed E-state index contributed by atoms with van der Waals surface area (Å²) in [5.74, 6) is -0.767. The molecule has 7 heteroatoms. The molecule has 0 spiro atoms. The van der Waals surface area contributed by atoms with Gasteiger partial charge < -0.3 is 18.9 Å². The molecule has 0 N–H and O–H groups in total. The lowest BCUT2D eigenvalue weighted by Crippen LogP contribution is -2.35. The van der Waals surface area contributed by atoms with Gasteiger partial charge >= 0.3 is 0 Å². The van der Waals surface area contributed by atoms with Crippen molar-refractivity contribution in [1.29, 1.82) is 0 Å². The Morgan fingerprint density at radius 3 is 2.52 bits per heavy atom. The quantitative estimate of drug-likeness (QED) is 0.763. The molecule has 140 valence electrons. The Morgan fingerprint density at radius 2 is 1.92 bits per heavy atom. The Bertz CT molecular complexity index is 672. The zero-order chi connectivity index (χ0) is 18.1. The van der Waals surface area contributed by atoms with E-state index in [0.29, 0.717) is 24.5 Å². The van der Waals surface area contributed by atoms with Gasteiger partial charge in [0, 0.05) is 19.4 Å². The van der Waals surface area contributed by atoms with Crippen LogP contribution in [-0.4, -0.2) is 58.6 Å². The van der Waals surface area contributed by atoms with Crippen molar-refractivity contribution in [1.82, 2.24) is 0 Å².